The van der Waals surface area contributed by atoms with E-state index in [2.05, 4.69) is 35.8 Å². The highest BCUT2D eigenvalue weighted by atomic mass is 32.1. The average Bonchev–Trinajstić information content (AvgIpc) is 3.23. The molecule has 1 aliphatic heterocycles. The Morgan fingerprint density at radius 2 is 2.00 bits per heavy atom. The zero-order valence-electron chi connectivity index (χ0n) is 17.3. The third kappa shape index (κ3) is 5.58. The molecule has 2 aromatic rings. The first-order valence-electron chi connectivity index (χ1n) is 10.2. The Balaban J connectivity index is 1.55. The number of rotatable bonds is 8. The summed E-state index contributed by atoms with van der Waals surface area (Å²) in [5.74, 6) is 2.21. The molecule has 3 rings (SSSR count). The lowest BCUT2D eigenvalue weighted by molar-refractivity contribution is 0.0663. The predicted octanol–water partition coefficient (Wildman–Crippen LogP) is 4.77. The second-order valence-corrected chi connectivity index (χ2v) is 8.93. The molecule has 0 unspecified atom stereocenters. The van der Waals surface area contributed by atoms with Gasteiger partial charge in [0.2, 0.25) is 0 Å². The topological polar surface area (TPSA) is 32.8 Å². The molecule has 0 radical (unpaired) electrons. The van der Waals surface area contributed by atoms with E-state index >= 15 is 0 Å². The first kappa shape index (κ1) is 20.9. The third-order valence-electron chi connectivity index (χ3n) is 5.41. The lowest BCUT2D eigenvalue weighted by Crippen LogP contribution is -2.42. The summed E-state index contributed by atoms with van der Waals surface area (Å²) in [4.78, 5) is 17.5. The van der Waals surface area contributed by atoms with Crippen LogP contribution in [0.2, 0.25) is 0 Å². The molecule has 0 bridgehead atoms. The first-order chi connectivity index (χ1) is 13.6. The molecule has 1 saturated heterocycles. The van der Waals surface area contributed by atoms with Gasteiger partial charge in [-0.15, -0.1) is 0 Å². The maximum Gasteiger partial charge on any atom is 0.254 e. The van der Waals surface area contributed by atoms with Gasteiger partial charge in [0.1, 0.15) is 5.75 Å². The SMILES string of the molecule is COc1ccccc1CN1CCC(CN(CC(C)C)C(=O)c2ccsc2)CC1. The van der Waals surface area contributed by atoms with Gasteiger partial charge in [-0.3, -0.25) is 9.69 Å². The van der Waals surface area contributed by atoms with Gasteiger partial charge in [-0.25, -0.2) is 0 Å². The van der Waals surface area contributed by atoms with Gasteiger partial charge >= 0.3 is 0 Å². The largest absolute Gasteiger partial charge is 0.496 e. The maximum atomic E-state index is 12.9. The van der Waals surface area contributed by atoms with Gasteiger partial charge in [0.25, 0.3) is 5.91 Å². The summed E-state index contributed by atoms with van der Waals surface area (Å²) in [7, 11) is 1.73. The molecule has 152 valence electrons. The molecule has 2 heterocycles. The number of hydrogen-bond acceptors (Lipinski definition) is 4. The van der Waals surface area contributed by atoms with Gasteiger partial charge in [-0.2, -0.15) is 11.3 Å². The number of piperidine rings is 1. The van der Waals surface area contributed by atoms with Gasteiger partial charge in [-0.1, -0.05) is 32.0 Å². The van der Waals surface area contributed by atoms with Crippen molar-refractivity contribution in [3.8, 4) is 5.75 Å². The summed E-state index contributed by atoms with van der Waals surface area (Å²) in [6.45, 7) is 9.15. The van der Waals surface area contributed by atoms with Crippen molar-refractivity contribution in [3.63, 3.8) is 0 Å². The maximum absolute atomic E-state index is 12.9. The van der Waals surface area contributed by atoms with Crippen LogP contribution in [0.3, 0.4) is 0 Å². The van der Waals surface area contributed by atoms with E-state index in [0.717, 1.165) is 56.9 Å². The number of benzene rings is 1. The summed E-state index contributed by atoms with van der Waals surface area (Å²) < 4.78 is 5.49. The number of para-hydroxylation sites is 1. The van der Waals surface area contributed by atoms with Crippen molar-refractivity contribution in [1.82, 2.24) is 9.80 Å². The molecule has 0 N–H and O–H groups in total. The normalized spacial score (nSPS) is 15.7. The molecule has 1 aromatic carbocycles. The molecule has 0 spiro atoms. The number of ether oxygens (including phenoxy) is 1. The minimum Gasteiger partial charge on any atom is -0.496 e. The highest BCUT2D eigenvalue weighted by Gasteiger charge is 2.25. The molecule has 0 saturated carbocycles. The van der Waals surface area contributed by atoms with Gasteiger partial charge in [0, 0.05) is 30.6 Å². The molecular weight excluding hydrogens is 368 g/mol. The quantitative estimate of drug-likeness (QED) is 0.640. The number of likely N-dealkylation sites (tertiary alicyclic amines) is 1. The van der Waals surface area contributed by atoms with Crippen LogP contribution in [0.1, 0.15) is 42.6 Å². The van der Waals surface area contributed by atoms with Crippen molar-refractivity contribution in [2.45, 2.75) is 33.2 Å². The van der Waals surface area contributed by atoms with E-state index in [4.69, 9.17) is 4.74 Å². The van der Waals surface area contributed by atoms with Crippen LogP contribution in [0.5, 0.6) is 5.75 Å². The van der Waals surface area contributed by atoms with E-state index in [-0.39, 0.29) is 5.91 Å². The van der Waals surface area contributed by atoms with Crippen LogP contribution in [0, 0.1) is 11.8 Å². The van der Waals surface area contributed by atoms with E-state index in [1.807, 2.05) is 29.0 Å². The van der Waals surface area contributed by atoms with Crippen LogP contribution in [-0.4, -0.2) is 49.0 Å². The molecule has 1 aliphatic rings. The van der Waals surface area contributed by atoms with E-state index in [9.17, 15) is 4.79 Å². The summed E-state index contributed by atoms with van der Waals surface area (Å²) in [5, 5.41) is 3.95. The van der Waals surface area contributed by atoms with Crippen LogP contribution in [0.15, 0.2) is 41.1 Å². The molecular formula is C23H32N2O2S. The molecule has 5 heteroatoms. The molecule has 1 fully saturated rings. The summed E-state index contributed by atoms with van der Waals surface area (Å²) in [5.41, 5.74) is 2.08. The van der Waals surface area contributed by atoms with Crippen LogP contribution in [0.4, 0.5) is 0 Å². The first-order valence-corrected chi connectivity index (χ1v) is 11.2. The second-order valence-electron chi connectivity index (χ2n) is 8.15. The van der Waals surface area contributed by atoms with E-state index in [1.54, 1.807) is 18.4 Å². The van der Waals surface area contributed by atoms with Crippen molar-refractivity contribution < 1.29 is 9.53 Å². The highest BCUT2D eigenvalue weighted by molar-refractivity contribution is 7.08. The monoisotopic (exact) mass is 400 g/mol. The fourth-order valence-corrected chi connectivity index (χ4v) is 4.59. The fourth-order valence-electron chi connectivity index (χ4n) is 3.96. The van der Waals surface area contributed by atoms with Gasteiger partial charge < -0.3 is 9.64 Å². The molecule has 28 heavy (non-hydrogen) atoms. The average molecular weight is 401 g/mol. The third-order valence-corrected chi connectivity index (χ3v) is 6.10. The Bertz CT molecular complexity index is 737. The Morgan fingerprint density at radius 1 is 1.25 bits per heavy atom. The van der Waals surface area contributed by atoms with Crippen molar-refractivity contribution in [2.24, 2.45) is 11.8 Å². The van der Waals surface area contributed by atoms with Crippen molar-refractivity contribution >= 4 is 17.2 Å². The number of methoxy groups -OCH3 is 1. The number of carbonyl (C=O) groups is 1. The minimum atomic E-state index is 0.186. The fraction of sp³-hybridized carbons (Fsp3) is 0.522. The zero-order valence-corrected chi connectivity index (χ0v) is 18.1. The zero-order chi connectivity index (χ0) is 19.9. The number of thiophene rings is 1. The van der Waals surface area contributed by atoms with Crippen LogP contribution in [-0.2, 0) is 6.54 Å². The smallest absolute Gasteiger partial charge is 0.254 e. The van der Waals surface area contributed by atoms with Crippen molar-refractivity contribution in [1.29, 1.82) is 0 Å². The van der Waals surface area contributed by atoms with E-state index in [1.165, 1.54) is 5.56 Å². The number of carbonyl (C=O) groups excluding carboxylic acids is 1. The summed E-state index contributed by atoms with van der Waals surface area (Å²) in [6, 6.07) is 10.2. The molecule has 0 aliphatic carbocycles. The molecule has 1 aromatic heterocycles. The van der Waals surface area contributed by atoms with Gasteiger partial charge in [0.05, 0.1) is 12.7 Å². The second kappa shape index (κ2) is 10.1. The Morgan fingerprint density at radius 3 is 2.64 bits per heavy atom. The predicted molar refractivity (Wildman–Crippen MR) is 116 cm³/mol. The summed E-state index contributed by atoms with van der Waals surface area (Å²) in [6.07, 6.45) is 2.28. The Hall–Kier alpha value is -1.85. The number of nitrogens with zero attached hydrogens (tertiary/aromatic N) is 2. The molecule has 4 nitrogen and oxygen atoms in total. The summed E-state index contributed by atoms with van der Waals surface area (Å²) >= 11 is 1.59. The Labute approximate surface area is 173 Å². The van der Waals surface area contributed by atoms with Crippen LogP contribution < -0.4 is 4.74 Å². The minimum absolute atomic E-state index is 0.186. The van der Waals surface area contributed by atoms with E-state index in [0.29, 0.717) is 11.8 Å². The lowest BCUT2D eigenvalue weighted by atomic mass is 9.95. The van der Waals surface area contributed by atoms with Gasteiger partial charge in [0.15, 0.2) is 0 Å². The van der Waals surface area contributed by atoms with Crippen molar-refractivity contribution in [3.05, 3.63) is 52.2 Å². The molecule has 1 amide bonds. The lowest BCUT2D eigenvalue weighted by Gasteiger charge is -2.35. The number of amides is 1. The van der Waals surface area contributed by atoms with Crippen molar-refractivity contribution in [2.75, 3.05) is 33.3 Å². The van der Waals surface area contributed by atoms with Crippen LogP contribution >= 0.6 is 11.3 Å². The van der Waals surface area contributed by atoms with Crippen LogP contribution in [0.25, 0.3) is 0 Å². The van der Waals surface area contributed by atoms with Gasteiger partial charge in [-0.05, 0) is 55.3 Å². The van der Waals surface area contributed by atoms with E-state index < -0.39 is 0 Å². The Kier molecular flexibility index (Phi) is 7.51. The highest BCUT2D eigenvalue weighted by Crippen LogP contribution is 2.25. The standard InChI is InChI=1S/C23H32N2O2S/c1-18(2)14-25(23(26)21-10-13-28-17-21)15-19-8-11-24(12-9-19)16-20-6-4-5-7-22(20)27-3/h4-7,10,13,17-19H,8-9,11-12,14-16H2,1-3H3. The number of hydrogen-bond donors (Lipinski definition) is 0. The molecule has 0 atom stereocenters.